The molecule has 0 aliphatic carbocycles. The predicted molar refractivity (Wildman–Crippen MR) is 91.3 cm³/mol. The van der Waals surface area contributed by atoms with Gasteiger partial charge in [0.05, 0.1) is 19.3 Å². The van der Waals surface area contributed by atoms with E-state index in [1.807, 2.05) is 52.1 Å². The second-order valence-corrected chi connectivity index (χ2v) is 6.05. The fourth-order valence-electron chi connectivity index (χ4n) is 2.43. The number of hydrogen-bond acceptors (Lipinski definition) is 3. The molecule has 5 nitrogen and oxygen atoms in total. The first-order valence-corrected chi connectivity index (χ1v) is 8.04. The molecule has 0 bridgehead atoms. The smallest absolute Gasteiger partial charge is 0.0674 e. The maximum absolute atomic E-state index is 6.19. The molecule has 0 aliphatic rings. The van der Waals surface area contributed by atoms with Gasteiger partial charge in [0.2, 0.25) is 0 Å². The van der Waals surface area contributed by atoms with Crippen LogP contribution in [0.3, 0.4) is 0 Å². The zero-order chi connectivity index (χ0) is 16.1. The molecule has 0 amide bonds. The van der Waals surface area contributed by atoms with Crippen LogP contribution in [-0.2, 0) is 19.6 Å². The normalized spacial score (nSPS) is 12.4. The zero-order valence-electron chi connectivity index (χ0n) is 13.1. The van der Waals surface area contributed by atoms with Crippen LogP contribution in [0, 0.1) is 0 Å². The quantitative estimate of drug-likeness (QED) is 0.725. The molecular weight excluding hydrogens is 310 g/mol. The van der Waals surface area contributed by atoms with Gasteiger partial charge in [-0.25, -0.2) is 0 Å². The van der Waals surface area contributed by atoms with Crippen molar-refractivity contribution in [2.45, 2.75) is 32.6 Å². The van der Waals surface area contributed by atoms with Crippen LogP contribution in [0.25, 0.3) is 0 Å². The summed E-state index contributed by atoms with van der Waals surface area (Å²) < 4.78 is 3.84. The Hall–Kier alpha value is -2.11. The highest BCUT2D eigenvalue weighted by Gasteiger charge is 2.06. The number of rotatable bonds is 7. The van der Waals surface area contributed by atoms with E-state index in [1.54, 1.807) is 6.20 Å². The molecule has 0 spiro atoms. The monoisotopic (exact) mass is 329 g/mol. The Morgan fingerprint density at radius 3 is 2.83 bits per heavy atom. The molecule has 0 unspecified atom stereocenters. The molecule has 2 aromatic heterocycles. The largest absolute Gasteiger partial charge is 0.308 e. The summed E-state index contributed by atoms with van der Waals surface area (Å²) in [4.78, 5) is 0. The summed E-state index contributed by atoms with van der Waals surface area (Å²) in [6.07, 6.45) is 7.71. The maximum atomic E-state index is 6.19. The molecule has 0 aliphatic heterocycles. The molecule has 2 heterocycles. The fraction of sp³-hybridized carbons (Fsp3) is 0.294. The number of nitrogens with one attached hydrogen (secondary N) is 1. The number of benzene rings is 1. The van der Waals surface area contributed by atoms with Crippen LogP contribution in [0.1, 0.15) is 18.1 Å². The van der Waals surface area contributed by atoms with E-state index in [1.165, 1.54) is 0 Å². The SMILES string of the molecule is C[C@@H](Cn1cccn1)NCc1cnn(Cc2ccccc2Cl)c1. The molecule has 1 aromatic carbocycles. The lowest BCUT2D eigenvalue weighted by Gasteiger charge is -2.12. The van der Waals surface area contributed by atoms with Gasteiger partial charge in [-0.2, -0.15) is 10.2 Å². The van der Waals surface area contributed by atoms with Gasteiger partial charge in [-0.3, -0.25) is 9.36 Å². The van der Waals surface area contributed by atoms with Crippen LogP contribution in [0.2, 0.25) is 5.02 Å². The highest BCUT2D eigenvalue weighted by Crippen LogP contribution is 2.16. The van der Waals surface area contributed by atoms with Gasteiger partial charge in [0.1, 0.15) is 0 Å². The summed E-state index contributed by atoms with van der Waals surface area (Å²) in [6, 6.07) is 10.1. The topological polar surface area (TPSA) is 47.7 Å². The lowest BCUT2D eigenvalue weighted by molar-refractivity contribution is 0.450. The van der Waals surface area contributed by atoms with Crippen LogP contribution in [-0.4, -0.2) is 25.6 Å². The van der Waals surface area contributed by atoms with Crippen LogP contribution >= 0.6 is 11.6 Å². The van der Waals surface area contributed by atoms with E-state index in [4.69, 9.17) is 11.6 Å². The van der Waals surface area contributed by atoms with Crippen molar-refractivity contribution in [1.29, 1.82) is 0 Å². The van der Waals surface area contributed by atoms with Gasteiger partial charge in [0.25, 0.3) is 0 Å². The third-order valence-electron chi connectivity index (χ3n) is 3.65. The van der Waals surface area contributed by atoms with Gasteiger partial charge in [-0.05, 0) is 24.6 Å². The Morgan fingerprint density at radius 1 is 1.17 bits per heavy atom. The Balaban J connectivity index is 1.52. The number of halogens is 1. The lowest BCUT2D eigenvalue weighted by atomic mass is 10.2. The summed E-state index contributed by atoms with van der Waals surface area (Å²) in [5.74, 6) is 0. The fourth-order valence-corrected chi connectivity index (χ4v) is 2.63. The third-order valence-corrected chi connectivity index (χ3v) is 4.02. The van der Waals surface area contributed by atoms with Crippen molar-refractivity contribution in [3.63, 3.8) is 0 Å². The van der Waals surface area contributed by atoms with E-state index in [-0.39, 0.29) is 0 Å². The lowest BCUT2D eigenvalue weighted by Crippen LogP contribution is -2.30. The van der Waals surface area contributed by atoms with Crippen molar-refractivity contribution in [2.75, 3.05) is 0 Å². The van der Waals surface area contributed by atoms with Crippen molar-refractivity contribution in [3.8, 4) is 0 Å². The van der Waals surface area contributed by atoms with Gasteiger partial charge in [-0.15, -0.1) is 0 Å². The molecular formula is C17H20ClN5. The minimum Gasteiger partial charge on any atom is -0.308 e. The van der Waals surface area contributed by atoms with Gasteiger partial charge < -0.3 is 5.32 Å². The average Bonchev–Trinajstić information content (AvgIpc) is 3.19. The maximum Gasteiger partial charge on any atom is 0.0674 e. The minimum atomic E-state index is 0.335. The summed E-state index contributed by atoms with van der Waals surface area (Å²) in [5.41, 5.74) is 2.23. The molecule has 1 atom stereocenters. The summed E-state index contributed by atoms with van der Waals surface area (Å²) in [5, 5.41) is 12.9. The van der Waals surface area contributed by atoms with Crippen molar-refractivity contribution in [3.05, 3.63) is 71.3 Å². The van der Waals surface area contributed by atoms with Gasteiger partial charge in [0.15, 0.2) is 0 Å². The minimum absolute atomic E-state index is 0.335. The van der Waals surface area contributed by atoms with E-state index in [9.17, 15) is 0 Å². The number of aromatic nitrogens is 4. The Bertz CT molecular complexity index is 735. The average molecular weight is 330 g/mol. The Kier molecular flexibility index (Phi) is 5.10. The van der Waals surface area contributed by atoms with Crippen LogP contribution in [0.4, 0.5) is 0 Å². The number of nitrogens with zero attached hydrogens (tertiary/aromatic N) is 4. The summed E-state index contributed by atoms with van der Waals surface area (Å²) in [6.45, 7) is 4.46. The van der Waals surface area contributed by atoms with Crippen LogP contribution in [0.15, 0.2) is 55.1 Å². The number of hydrogen-bond donors (Lipinski definition) is 1. The predicted octanol–water partition coefficient (Wildman–Crippen LogP) is 2.96. The molecule has 6 heteroatoms. The second-order valence-electron chi connectivity index (χ2n) is 5.65. The third kappa shape index (κ3) is 4.43. The first kappa shape index (κ1) is 15.8. The standard InChI is InChI=1S/C17H20ClN5/c1-14(11-22-8-4-7-20-22)19-9-15-10-21-23(12-15)13-16-5-2-3-6-17(16)18/h2-8,10,12,14,19H,9,11,13H2,1H3/t14-/m0/s1. The second kappa shape index (κ2) is 7.44. The summed E-state index contributed by atoms with van der Waals surface area (Å²) in [7, 11) is 0. The van der Waals surface area contributed by atoms with E-state index in [0.29, 0.717) is 12.6 Å². The molecule has 0 saturated heterocycles. The van der Waals surface area contributed by atoms with Gasteiger partial charge in [0, 0.05) is 41.8 Å². The molecule has 3 aromatic rings. The van der Waals surface area contributed by atoms with E-state index in [0.717, 1.165) is 29.2 Å². The van der Waals surface area contributed by atoms with E-state index in [2.05, 4.69) is 28.6 Å². The molecule has 0 fully saturated rings. The first-order chi connectivity index (χ1) is 11.2. The molecule has 0 radical (unpaired) electrons. The highest BCUT2D eigenvalue weighted by atomic mass is 35.5. The van der Waals surface area contributed by atoms with Gasteiger partial charge >= 0.3 is 0 Å². The van der Waals surface area contributed by atoms with Crippen LogP contribution < -0.4 is 5.32 Å². The van der Waals surface area contributed by atoms with E-state index < -0.39 is 0 Å². The van der Waals surface area contributed by atoms with Crippen molar-refractivity contribution >= 4 is 11.6 Å². The Labute approximate surface area is 140 Å². The van der Waals surface area contributed by atoms with Crippen molar-refractivity contribution in [1.82, 2.24) is 24.9 Å². The molecule has 1 N–H and O–H groups in total. The van der Waals surface area contributed by atoms with Crippen molar-refractivity contribution < 1.29 is 0 Å². The molecule has 0 saturated carbocycles. The van der Waals surface area contributed by atoms with E-state index >= 15 is 0 Å². The highest BCUT2D eigenvalue weighted by molar-refractivity contribution is 6.31. The zero-order valence-corrected chi connectivity index (χ0v) is 13.8. The first-order valence-electron chi connectivity index (χ1n) is 7.66. The molecule has 120 valence electrons. The van der Waals surface area contributed by atoms with Gasteiger partial charge in [-0.1, -0.05) is 29.8 Å². The summed E-state index contributed by atoms with van der Waals surface area (Å²) >= 11 is 6.19. The molecule has 3 rings (SSSR count). The Morgan fingerprint density at radius 2 is 2.04 bits per heavy atom. The molecule has 23 heavy (non-hydrogen) atoms. The van der Waals surface area contributed by atoms with Crippen LogP contribution in [0.5, 0.6) is 0 Å². The van der Waals surface area contributed by atoms with Crippen molar-refractivity contribution in [2.24, 2.45) is 0 Å².